The Bertz CT molecular complexity index is 1110. The number of benzene rings is 1. The summed E-state index contributed by atoms with van der Waals surface area (Å²) in [4.78, 5) is 12.5. The number of alkyl halides is 5. The minimum atomic E-state index is -5.40. The molecule has 1 aliphatic rings. The fraction of sp³-hybridized carbons (Fsp3) is 0.421. The van der Waals surface area contributed by atoms with Crippen molar-refractivity contribution in [2.24, 2.45) is 5.92 Å². The lowest BCUT2D eigenvalue weighted by molar-refractivity contribution is -0.127. The third kappa shape index (κ3) is 5.69. The number of amides is 2. The van der Waals surface area contributed by atoms with Crippen LogP contribution in [0, 0.1) is 5.92 Å². The van der Waals surface area contributed by atoms with Crippen LogP contribution in [0.4, 0.5) is 32.4 Å². The molecule has 0 aliphatic carbocycles. The zero-order valence-corrected chi connectivity index (χ0v) is 18.4. The second-order valence-electron chi connectivity index (χ2n) is 7.44. The van der Waals surface area contributed by atoms with E-state index in [4.69, 9.17) is 11.6 Å². The van der Waals surface area contributed by atoms with Gasteiger partial charge in [0, 0.05) is 19.0 Å². The van der Waals surface area contributed by atoms with Crippen LogP contribution >= 0.6 is 11.6 Å². The van der Waals surface area contributed by atoms with Crippen LogP contribution in [-0.4, -0.2) is 54.1 Å². The van der Waals surface area contributed by atoms with Crippen LogP contribution in [0.2, 0.25) is 5.02 Å². The molecule has 1 aromatic carbocycles. The van der Waals surface area contributed by atoms with Gasteiger partial charge in [0.15, 0.2) is 0 Å². The number of piperidine rings is 1. The summed E-state index contributed by atoms with van der Waals surface area (Å²) in [5.74, 6) is -1.66. The number of sulfone groups is 1. The fourth-order valence-electron chi connectivity index (χ4n) is 3.45. The summed E-state index contributed by atoms with van der Waals surface area (Å²) in [7, 11) is -5.40. The van der Waals surface area contributed by atoms with Gasteiger partial charge in [-0.2, -0.15) is 32.1 Å². The number of aromatic nitrogens is 2. The van der Waals surface area contributed by atoms with Gasteiger partial charge in [0.25, 0.3) is 0 Å². The van der Waals surface area contributed by atoms with Gasteiger partial charge in [-0.15, -0.1) is 0 Å². The molecule has 0 atom stereocenters. The van der Waals surface area contributed by atoms with Gasteiger partial charge in [0.1, 0.15) is 0 Å². The van der Waals surface area contributed by atoms with Crippen molar-refractivity contribution in [2.45, 2.75) is 35.6 Å². The molecule has 0 unspecified atom stereocenters. The van der Waals surface area contributed by atoms with E-state index < -0.39 is 55.1 Å². The predicted octanol–water partition coefficient (Wildman–Crippen LogP) is 4.55. The molecule has 2 aromatic rings. The maximum absolute atomic E-state index is 15.1. The highest BCUT2D eigenvalue weighted by molar-refractivity contribution is 7.92. The van der Waals surface area contributed by atoms with Gasteiger partial charge in [-0.1, -0.05) is 17.7 Å². The second-order valence-corrected chi connectivity index (χ2v) is 9.84. The van der Waals surface area contributed by atoms with E-state index in [1.807, 2.05) is 0 Å². The van der Waals surface area contributed by atoms with Gasteiger partial charge in [-0.25, -0.2) is 13.2 Å². The predicted molar refractivity (Wildman–Crippen MR) is 109 cm³/mol. The normalized spacial score (nSPS) is 16.0. The number of urea groups is 1. The molecule has 0 radical (unpaired) electrons. The Hall–Kier alpha value is -2.54. The molecular weight excluding hydrogens is 495 g/mol. The minimum Gasteiger partial charge on any atom is -0.325 e. The monoisotopic (exact) mass is 512 g/mol. The first kappa shape index (κ1) is 25.1. The smallest absolute Gasteiger partial charge is 0.325 e. The number of hydrogen-bond donors (Lipinski definition) is 1. The molecule has 1 aromatic heterocycles. The van der Waals surface area contributed by atoms with Crippen LogP contribution in [0.5, 0.6) is 0 Å². The Morgan fingerprint density at radius 2 is 1.79 bits per heavy atom. The Kier molecular flexibility index (Phi) is 7.13. The number of rotatable bonds is 5. The van der Waals surface area contributed by atoms with E-state index in [0.29, 0.717) is 11.8 Å². The number of carbonyl (C=O) groups excluding carboxylic acids is 1. The highest BCUT2D eigenvalue weighted by atomic mass is 35.5. The highest BCUT2D eigenvalue weighted by Gasteiger charge is 2.54. The van der Waals surface area contributed by atoms with E-state index in [9.17, 15) is 26.4 Å². The van der Waals surface area contributed by atoms with Crippen molar-refractivity contribution < 1.29 is 35.2 Å². The van der Waals surface area contributed by atoms with Crippen LogP contribution in [0.15, 0.2) is 41.6 Å². The first-order chi connectivity index (χ1) is 15.3. The Labute approximate surface area is 190 Å². The van der Waals surface area contributed by atoms with Crippen molar-refractivity contribution in [3.05, 3.63) is 47.2 Å². The molecule has 3 rings (SSSR count). The molecule has 1 saturated heterocycles. The SMILES string of the molecule is O=C(Nc1ccnnc1)N1CCC(C(F)(F)S(=O)(=O)c2cc(CC(F)(F)F)ccc2Cl)CC1. The first-order valence-electron chi connectivity index (χ1n) is 9.61. The average Bonchev–Trinajstić information content (AvgIpc) is 2.74. The number of carbonyl (C=O) groups is 1. The summed E-state index contributed by atoms with van der Waals surface area (Å²) in [5.41, 5.74) is -0.156. The van der Waals surface area contributed by atoms with Gasteiger partial charge in [-0.05, 0) is 36.6 Å². The molecule has 1 N–H and O–H groups in total. The van der Waals surface area contributed by atoms with Crippen molar-refractivity contribution in [2.75, 3.05) is 18.4 Å². The van der Waals surface area contributed by atoms with Crippen molar-refractivity contribution >= 4 is 33.2 Å². The van der Waals surface area contributed by atoms with Gasteiger partial charge >= 0.3 is 17.5 Å². The van der Waals surface area contributed by atoms with E-state index in [-0.39, 0.29) is 25.9 Å². The first-order valence-corrected chi connectivity index (χ1v) is 11.5. The summed E-state index contributed by atoms with van der Waals surface area (Å²) < 4.78 is 93.6. The third-order valence-electron chi connectivity index (χ3n) is 5.14. The summed E-state index contributed by atoms with van der Waals surface area (Å²) in [6.45, 7) is -0.302. The molecular formula is C19H18ClF5N4O3S. The van der Waals surface area contributed by atoms with Crippen molar-refractivity contribution in [3.8, 4) is 0 Å². The second kappa shape index (κ2) is 9.37. The molecule has 7 nitrogen and oxygen atoms in total. The number of anilines is 1. The van der Waals surface area contributed by atoms with Crippen molar-refractivity contribution in [1.82, 2.24) is 15.1 Å². The summed E-state index contributed by atoms with van der Waals surface area (Å²) in [5, 5.41) is 4.78. The molecule has 2 heterocycles. The van der Waals surface area contributed by atoms with E-state index >= 15 is 8.78 Å². The average molecular weight is 513 g/mol. The molecule has 14 heteroatoms. The Morgan fingerprint density at radius 3 is 2.36 bits per heavy atom. The topological polar surface area (TPSA) is 92.3 Å². The summed E-state index contributed by atoms with van der Waals surface area (Å²) in [6.07, 6.45) is -4.18. The van der Waals surface area contributed by atoms with E-state index in [1.54, 1.807) is 0 Å². The zero-order chi connectivity index (χ0) is 24.4. The third-order valence-corrected chi connectivity index (χ3v) is 7.55. The zero-order valence-electron chi connectivity index (χ0n) is 16.8. The lowest BCUT2D eigenvalue weighted by atomic mass is 9.97. The maximum atomic E-state index is 15.1. The molecule has 0 bridgehead atoms. The van der Waals surface area contributed by atoms with Crippen LogP contribution in [0.3, 0.4) is 0 Å². The molecule has 1 fully saturated rings. The Balaban J connectivity index is 1.73. The van der Waals surface area contributed by atoms with Crippen molar-refractivity contribution in [3.63, 3.8) is 0 Å². The number of nitrogens with zero attached hydrogens (tertiary/aromatic N) is 3. The van der Waals surface area contributed by atoms with Gasteiger partial charge in [0.05, 0.1) is 34.4 Å². The lowest BCUT2D eigenvalue weighted by Gasteiger charge is -2.35. The van der Waals surface area contributed by atoms with Gasteiger partial charge in [-0.3, -0.25) is 0 Å². The van der Waals surface area contributed by atoms with Gasteiger partial charge < -0.3 is 10.2 Å². The standard InChI is InChI=1S/C19H18ClF5N4O3S/c20-15-2-1-12(10-18(21,22)23)9-16(15)33(31,32)19(24,25)13-4-7-29(8-5-13)17(30)28-14-3-6-26-27-11-14/h1-3,6,9,11,13H,4-5,7-8,10H2,(H,26,28,30). The van der Waals surface area contributed by atoms with Crippen LogP contribution in [0.1, 0.15) is 18.4 Å². The van der Waals surface area contributed by atoms with Crippen LogP contribution in [0.25, 0.3) is 0 Å². The fourth-order valence-corrected chi connectivity index (χ4v) is 5.47. The number of nitrogens with one attached hydrogen (secondary N) is 1. The maximum Gasteiger partial charge on any atom is 0.393 e. The summed E-state index contributed by atoms with van der Waals surface area (Å²) in [6, 6.07) is 3.23. The Morgan fingerprint density at radius 1 is 1.12 bits per heavy atom. The molecule has 0 spiro atoms. The molecule has 33 heavy (non-hydrogen) atoms. The molecule has 2 amide bonds. The molecule has 180 valence electrons. The quantitative estimate of drug-likeness (QED) is 0.594. The summed E-state index contributed by atoms with van der Waals surface area (Å²) >= 11 is 5.77. The number of halogens is 6. The molecule has 0 saturated carbocycles. The van der Waals surface area contributed by atoms with Gasteiger partial charge in [0.2, 0.25) is 9.84 Å². The van der Waals surface area contributed by atoms with E-state index in [0.717, 1.165) is 12.1 Å². The van der Waals surface area contributed by atoms with E-state index in [1.165, 1.54) is 23.4 Å². The number of hydrogen-bond acceptors (Lipinski definition) is 5. The highest BCUT2D eigenvalue weighted by Crippen LogP contribution is 2.43. The molecule has 1 aliphatic heterocycles. The van der Waals surface area contributed by atoms with Crippen molar-refractivity contribution in [1.29, 1.82) is 0 Å². The van der Waals surface area contributed by atoms with Crippen LogP contribution < -0.4 is 5.32 Å². The van der Waals surface area contributed by atoms with E-state index in [2.05, 4.69) is 15.5 Å². The number of likely N-dealkylation sites (tertiary alicyclic amines) is 1. The largest absolute Gasteiger partial charge is 0.393 e. The lowest BCUT2D eigenvalue weighted by Crippen LogP contribution is -2.47. The minimum absolute atomic E-state index is 0.151. The van der Waals surface area contributed by atoms with Crippen LogP contribution in [-0.2, 0) is 16.3 Å².